The highest BCUT2D eigenvalue weighted by atomic mass is 35.5. The number of hydroxylamine groups is 2. The fourth-order valence-corrected chi connectivity index (χ4v) is 5.36. The third-order valence-corrected chi connectivity index (χ3v) is 7.12. The average Bonchev–Trinajstić information content (AvgIpc) is 3.51. The first-order valence-corrected chi connectivity index (χ1v) is 12.7. The number of aromatic nitrogens is 2. The molecular weight excluding hydrogens is 479 g/mol. The number of anilines is 1. The van der Waals surface area contributed by atoms with Crippen molar-refractivity contribution >= 4 is 29.7 Å². The molecule has 1 saturated heterocycles. The number of rotatable bonds is 13. The van der Waals surface area contributed by atoms with Crippen LogP contribution in [0.5, 0.6) is 0 Å². The Hall–Kier alpha value is -2.08. The van der Waals surface area contributed by atoms with Gasteiger partial charge in [0.15, 0.2) is 11.6 Å². The van der Waals surface area contributed by atoms with Crippen LogP contribution in [0.25, 0.3) is 0 Å². The maximum Gasteiger partial charge on any atom is 0.233 e. The van der Waals surface area contributed by atoms with Crippen molar-refractivity contribution in [3.63, 3.8) is 0 Å². The number of nitrogens with zero attached hydrogens (tertiary/aromatic N) is 5. The topological polar surface area (TPSA) is 122 Å². The highest BCUT2D eigenvalue weighted by Gasteiger charge is 2.31. The maximum atomic E-state index is 15.5. The molecule has 10 nitrogen and oxygen atoms in total. The number of halogens is 2. The van der Waals surface area contributed by atoms with Gasteiger partial charge in [-0.15, -0.1) is 0 Å². The minimum atomic E-state index is -0.629. The number of nitrogens with one attached hydrogen (secondary N) is 1. The summed E-state index contributed by atoms with van der Waals surface area (Å²) in [6.45, 7) is 1.52. The molecule has 2 atom stereocenters. The number of carbonyl (C=O) groups excluding carboxylic acids is 2. The Labute approximate surface area is 210 Å². The number of carbonyl (C=O) groups is 2. The van der Waals surface area contributed by atoms with Crippen molar-refractivity contribution in [2.75, 3.05) is 44.7 Å². The van der Waals surface area contributed by atoms with Crippen LogP contribution in [0.3, 0.4) is 0 Å². The van der Waals surface area contributed by atoms with Crippen LogP contribution in [-0.4, -0.2) is 88.4 Å². The van der Waals surface area contributed by atoms with Gasteiger partial charge < -0.3 is 20.2 Å². The third-order valence-electron chi connectivity index (χ3n) is 6.95. The first-order valence-electron chi connectivity index (χ1n) is 12.3. The zero-order chi connectivity index (χ0) is 25.4. The normalized spacial score (nSPS) is 19.4. The van der Waals surface area contributed by atoms with Crippen molar-refractivity contribution in [3.05, 3.63) is 16.8 Å². The van der Waals surface area contributed by atoms with Gasteiger partial charge in [-0.2, -0.15) is 4.98 Å². The predicted octanol–water partition coefficient (Wildman–Crippen LogP) is 1.82. The van der Waals surface area contributed by atoms with E-state index in [1.807, 2.05) is 16.8 Å². The summed E-state index contributed by atoms with van der Waals surface area (Å²) in [6.07, 6.45) is 6.80. The van der Waals surface area contributed by atoms with Gasteiger partial charge in [-0.25, -0.2) is 14.4 Å². The van der Waals surface area contributed by atoms with E-state index < -0.39 is 11.7 Å². The molecule has 1 saturated carbocycles. The number of aliphatic hydroxyl groups is 1. The van der Waals surface area contributed by atoms with Crippen LogP contribution >= 0.6 is 11.6 Å². The van der Waals surface area contributed by atoms with Gasteiger partial charge in [0.1, 0.15) is 5.69 Å². The minimum Gasteiger partial charge on any atom is -0.395 e. The lowest BCUT2D eigenvalue weighted by molar-refractivity contribution is -0.155. The summed E-state index contributed by atoms with van der Waals surface area (Å²) in [5, 5.41) is 21.9. The van der Waals surface area contributed by atoms with Crippen LogP contribution in [0.4, 0.5) is 10.2 Å². The maximum absolute atomic E-state index is 15.5. The number of likely N-dealkylation sites (N-methyl/N-ethyl adjacent to an activating group) is 1. The summed E-state index contributed by atoms with van der Waals surface area (Å²) in [6, 6.07) is 0.0177. The standard InChI is InChI=1S/C23H36ClFN6O4/c1-29(9-10-32)14-18-7-4-8-31(18)21-20(25)19(27-23(24)28-21)12-26-22(34)17(13-30(35)15-33)11-16-5-2-3-6-16/h15-18,32,35H,2-14H2,1H3,(H,26,34)/t17-,18+/m1/s1. The molecule has 12 heteroatoms. The number of amides is 2. The Bertz CT molecular complexity index is 860. The third kappa shape index (κ3) is 7.70. The second-order valence-electron chi connectivity index (χ2n) is 9.58. The summed E-state index contributed by atoms with van der Waals surface area (Å²) in [7, 11) is 1.90. The van der Waals surface area contributed by atoms with Gasteiger partial charge in [0, 0.05) is 25.7 Å². The molecule has 35 heavy (non-hydrogen) atoms. The van der Waals surface area contributed by atoms with Crippen molar-refractivity contribution in [1.82, 2.24) is 25.2 Å². The monoisotopic (exact) mass is 514 g/mol. The van der Waals surface area contributed by atoms with Crippen LogP contribution in [-0.2, 0) is 16.1 Å². The van der Waals surface area contributed by atoms with Gasteiger partial charge in [-0.3, -0.25) is 14.8 Å². The summed E-state index contributed by atoms with van der Waals surface area (Å²) in [5.74, 6) is -1.15. The van der Waals surface area contributed by atoms with Crippen LogP contribution in [0.2, 0.25) is 5.28 Å². The lowest BCUT2D eigenvalue weighted by atomic mass is 9.92. The van der Waals surface area contributed by atoms with Gasteiger partial charge in [-0.05, 0) is 43.8 Å². The largest absolute Gasteiger partial charge is 0.395 e. The predicted molar refractivity (Wildman–Crippen MR) is 128 cm³/mol. The van der Waals surface area contributed by atoms with Gasteiger partial charge in [0.25, 0.3) is 0 Å². The fraction of sp³-hybridized carbons (Fsp3) is 0.739. The highest BCUT2D eigenvalue weighted by molar-refractivity contribution is 6.28. The van der Waals surface area contributed by atoms with Crippen molar-refractivity contribution in [2.24, 2.45) is 11.8 Å². The zero-order valence-corrected chi connectivity index (χ0v) is 21.0. The van der Waals surface area contributed by atoms with E-state index in [9.17, 15) is 19.9 Å². The summed E-state index contributed by atoms with van der Waals surface area (Å²) < 4.78 is 15.5. The zero-order valence-electron chi connectivity index (χ0n) is 20.2. The van der Waals surface area contributed by atoms with E-state index in [2.05, 4.69) is 15.3 Å². The molecule has 1 aromatic heterocycles. The first kappa shape index (κ1) is 27.5. The molecule has 2 heterocycles. The van der Waals surface area contributed by atoms with E-state index in [1.54, 1.807) is 0 Å². The second kappa shape index (κ2) is 13.3. The SMILES string of the molecule is CN(CCO)C[C@@H]1CCCN1c1nc(Cl)nc(CNC(=O)[C@H](CC2CCCC2)CN(O)C=O)c1F. The molecule has 196 valence electrons. The molecule has 0 spiro atoms. The van der Waals surface area contributed by atoms with Crippen molar-refractivity contribution in [2.45, 2.75) is 57.5 Å². The van der Waals surface area contributed by atoms with E-state index in [-0.39, 0.29) is 54.9 Å². The van der Waals surface area contributed by atoms with E-state index in [1.165, 1.54) is 0 Å². The van der Waals surface area contributed by atoms with Crippen molar-refractivity contribution in [1.29, 1.82) is 0 Å². The Balaban J connectivity index is 1.70. The first-order chi connectivity index (χ1) is 16.8. The molecule has 2 fully saturated rings. The lowest BCUT2D eigenvalue weighted by Gasteiger charge is -2.30. The molecule has 2 amide bonds. The molecule has 3 rings (SSSR count). The molecule has 0 radical (unpaired) electrons. The van der Waals surface area contributed by atoms with Crippen LogP contribution in [0, 0.1) is 17.7 Å². The molecule has 0 bridgehead atoms. The van der Waals surface area contributed by atoms with Gasteiger partial charge >= 0.3 is 0 Å². The Kier molecular flexibility index (Phi) is 10.4. The lowest BCUT2D eigenvalue weighted by Crippen LogP contribution is -2.41. The Morgan fingerprint density at radius 1 is 1.31 bits per heavy atom. The van der Waals surface area contributed by atoms with E-state index in [0.717, 1.165) is 38.5 Å². The highest BCUT2D eigenvalue weighted by Crippen LogP contribution is 2.31. The minimum absolute atomic E-state index is 0.0152. The Morgan fingerprint density at radius 2 is 2.06 bits per heavy atom. The smallest absolute Gasteiger partial charge is 0.233 e. The second-order valence-corrected chi connectivity index (χ2v) is 9.92. The van der Waals surface area contributed by atoms with Crippen LogP contribution in [0.15, 0.2) is 0 Å². The van der Waals surface area contributed by atoms with Crippen molar-refractivity contribution < 1.29 is 24.3 Å². The summed E-state index contributed by atoms with van der Waals surface area (Å²) >= 11 is 6.13. The number of aliphatic hydroxyl groups excluding tert-OH is 1. The number of hydrogen-bond donors (Lipinski definition) is 3. The molecule has 2 aliphatic rings. The van der Waals surface area contributed by atoms with E-state index in [4.69, 9.17) is 11.6 Å². The molecular formula is C23H36ClFN6O4. The summed E-state index contributed by atoms with van der Waals surface area (Å²) in [5.41, 5.74) is -0.0152. The van der Waals surface area contributed by atoms with Gasteiger partial charge in [0.05, 0.1) is 25.6 Å². The Morgan fingerprint density at radius 3 is 2.74 bits per heavy atom. The van der Waals surface area contributed by atoms with Gasteiger partial charge in [0.2, 0.25) is 17.6 Å². The van der Waals surface area contributed by atoms with E-state index >= 15 is 4.39 Å². The van der Waals surface area contributed by atoms with Gasteiger partial charge in [-0.1, -0.05) is 25.7 Å². The molecule has 0 aromatic carbocycles. The molecule has 3 N–H and O–H groups in total. The average molecular weight is 515 g/mol. The fourth-order valence-electron chi connectivity index (χ4n) is 5.18. The molecule has 1 aliphatic carbocycles. The van der Waals surface area contributed by atoms with E-state index in [0.29, 0.717) is 37.0 Å². The molecule has 1 aromatic rings. The van der Waals surface area contributed by atoms with Crippen molar-refractivity contribution in [3.8, 4) is 0 Å². The van der Waals surface area contributed by atoms with Crippen LogP contribution in [0.1, 0.15) is 50.6 Å². The number of hydrogen-bond acceptors (Lipinski definition) is 8. The summed E-state index contributed by atoms with van der Waals surface area (Å²) in [4.78, 5) is 35.8. The van der Waals surface area contributed by atoms with Crippen LogP contribution < -0.4 is 10.2 Å². The quantitative estimate of drug-likeness (QED) is 0.158. The molecule has 1 aliphatic heterocycles. The molecule has 0 unspecified atom stereocenters.